The van der Waals surface area contributed by atoms with E-state index in [1.807, 2.05) is 29.8 Å². The third-order valence-electron chi connectivity index (χ3n) is 8.56. The smallest absolute Gasteiger partial charge is 0.320 e. The molecule has 10 heteroatoms. The molecule has 1 saturated heterocycles. The molecule has 1 aromatic carbocycles. The number of rotatable bonds is 6. The quantitative estimate of drug-likeness (QED) is 0.330. The number of imidazole rings is 1. The Morgan fingerprint density at radius 3 is 2.49 bits per heavy atom. The van der Waals surface area contributed by atoms with E-state index in [4.69, 9.17) is 0 Å². The number of benzene rings is 1. The van der Waals surface area contributed by atoms with E-state index in [1.165, 1.54) is 16.8 Å². The van der Waals surface area contributed by atoms with Crippen molar-refractivity contribution in [3.05, 3.63) is 82.1 Å². The van der Waals surface area contributed by atoms with Crippen LogP contribution in [-0.2, 0) is 19.8 Å². The number of pyridine rings is 1. The zero-order valence-corrected chi connectivity index (χ0v) is 22.2. The number of hydrogen-bond donors (Lipinski definition) is 0. The summed E-state index contributed by atoms with van der Waals surface area (Å²) >= 11 is 0. The van der Waals surface area contributed by atoms with Crippen LogP contribution in [0.1, 0.15) is 67.5 Å². The second kappa shape index (κ2) is 9.97. The van der Waals surface area contributed by atoms with Crippen molar-refractivity contribution in [3.8, 4) is 5.69 Å². The highest BCUT2D eigenvalue weighted by Gasteiger charge is 2.35. The Morgan fingerprint density at radius 1 is 1.08 bits per heavy atom. The standard InChI is InChI=1S/C29H33F3N6O/c1-19-9-11-36(12-10-19)15-20-13-24(29(30,31)32)25-17-37(28(39)38(25)16-20)23-8-4-7-22(14-23)26(21-5-3-6-21)27-34-33-18-35(27)2/h4,7-8,13-14,16-19,21,26H,3,5-6,9-12,15H2,1-2H3/t26-/m1/s1. The molecule has 0 radical (unpaired) electrons. The molecular weight excluding hydrogens is 505 g/mol. The van der Waals surface area contributed by atoms with Crippen molar-refractivity contribution >= 4 is 5.52 Å². The van der Waals surface area contributed by atoms with Crippen LogP contribution in [0.15, 0.2) is 53.8 Å². The molecule has 39 heavy (non-hydrogen) atoms. The van der Waals surface area contributed by atoms with Crippen LogP contribution < -0.4 is 5.69 Å². The van der Waals surface area contributed by atoms with Gasteiger partial charge in [0.2, 0.25) is 0 Å². The molecule has 0 bridgehead atoms. The lowest BCUT2D eigenvalue weighted by atomic mass is 9.72. The van der Waals surface area contributed by atoms with Gasteiger partial charge in [0, 0.05) is 31.9 Å². The van der Waals surface area contributed by atoms with Crippen LogP contribution in [0.2, 0.25) is 0 Å². The van der Waals surface area contributed by atoms with Crippen LogP contribution in [0.5, 0.6) is 0 Å². The fraction of sp³-hybridized carbons (Fsp3) is 0.483. The van der Waals surface area contributed by atoms with Gasteiger partial charge in [0.25, 0.3) is 0 Å². The highest BCUT2D eigenvalue weighted by molar-refractivity contribution is 5.58. The molecule has 1 aliphatic carbocycles. The van der Waals surface area contributed by atoms with Gasteiger partial charge in [-0.25, -0.2) is 4.79 Å². The van der Waals surface area contributed by atoms with Gasteiger partial charge in [0.15, 0.2) is 0 Å². The number of alkyl halides is 3. The predicted molar refractivity (Wildman–Crippen MR) is 142 cm³/mol. The number of hydrogen-bond acceptors (Lipinski definition) is 4. The van der Waals surface area contributed by atoms with Gasteiger partial charge < -0.3 is 4.57 Å². The summed E-state index contributed by atoms with van der Waals surface area (Å²) in [4.78, 5) is 15.7. The zero-order valence-electron chi connectivity index (χ0n) is 22.2. The number of nitrogens with zero attached hydrogens (tertiary/aromatic N) is 6. The summed E-state index contributed by atoms with van der Waals surface area (Å²) < 4.78 is 47.0. The fourth-order valence-corrected chi connectivity index (χ4v) is 6.07. The Labute approximate surface area is 224 Å². The third kappa shape index (κ3) is 4.90. The largest absolute Gasteiger partial charge is 0.418 e. The molecule has 1 aliphatic heterocycles. The Morgan fingerprint density at radius 2 is 1.85 bits per heavy atom. The molecule has 0 amide bonds. The minimum Gasteiger partial charge on any atom is -0.320 e. The first-order valence-corrected chi connectivity index (χ1v) is 13.7. The van der Waals surface area contributed by atoms with Crippen molar-refractivity contribution in [1.82, 2.24) is 28.6 Å². The summed E-state index contributed by atoms with van der Waals surface area (Å²) in [5, 5.41) is 8.42. The van der Waals surface area contributed by atoms with Crippen molar-refractivity contribution in [1.29, 1.82) is 0 Å². The van der Waals surface area contributed by atoms with Crippen LogP contribution in [0.4, 0.5) is 13.2 Å². The molecule has 0 unspecified atom stereocenters. The van der Waals surface area contributed by atoms with Crippen LogP contribution in [-0.4, -0.2) is 41.7 Å². The minimum atomic E-state index is -4.58. The Hall–Kier alpha value is -3.40. The lowest BCUT2D eigenvalue weighted by Crippen LogP contribution is -2.32. The van der Waals surface area contributed by atoms with Crippen molar-refractivity contribution in [2.75, 3.05) is 13.1 Å². The highest BCUT2D eigenvalue weighted by Crippen LogP contribution is 2.43. The number of aryl methyl sites for hydroxylation is 1. The second-order valence-corrected chi connectivity index (χ2v) is 11.3. The SMILES string of the molecule is CC1CCN(Cc2cc(C(F)(F)F)c3cn(-c4cccc([C@H](c5nncn5C)C5CCC5)c4)c(=O)n3c2)CC1. The first-order valence-electron chi connectivity index (χ1n) is 13.7. The average molecular weight is 539 g/mol. The van der Waals surface area contributed by atoms with Gasteiger partial charge >= 0.3 is 11.9 Å². The predicted octanol–water partition coefficient (Wildman–Crippen LogP) is 5.40. The van der Waals surface area contributed by atoms with E-state index < -0.39 is 17.4 Å². The maximum Gasteiger partial charge on any atom is 0.418 e. The number of halogens is 3. The molecule has 3 aromatic heterocycles. The second-order valence-electron chi connectivity index (χ2n) is 11.3. The van der Waals surface area contributed by atoms with E-state index in [0.717, 1.165) is 61.0 Å². The van der Waals surface area contributed by atoms with Gasteiger partial charge in [-0.15, -0.1) is 10.2 Å². The summed E-state index contributed by atoms with van der Waals surface area (Å²) in [6.45, 7) is 4.28. The molecular formula is C29H33F3N6O. The summed E-state index contributed by atoms with van der Waals surface area (Å²) in [5.74, 6) is 1.88. The van der Waals surface area contributed by atoms with Crippen molar-refractivity contribution in [3.63, 3.8) is 0 Å². The van der Waals surface area contributed by atoms with Crippen LogP contribution >= 0.6 is 0 Å². The van der Waals surface area contributed by atoms with Gasteiger partial charge in [-0.2, -0.15) is 13.2 Å². The topological polar surface area (TPSA) is 60.4 Å². The summed E-state index contributed by atoms with van der Waals surface area (Å²) in [6.07, 6.45) is 5.34. The summed E-state index contributed by atoms with van der Waals surface area (Å²) in [5.41, 5.74) is 0.561. The first kappa shape index (κ1) is 25.9. The van der Waals surface area contributed by atoms with Gasteiger partial charge in [-0.05, 0) is 79.9 Å². The monoisotopic (exact) mass is 538 g/mol. The molecule has 6 rings (SSSR count). The molecule has 2 fully saturated rings. The van der Waals surface area contributed by atoms with Gasteiger partial charge in [-0.1, -0.05) is 25.5 Å². The van der Waals surface area contributed by atoms with E-state index in [1.54, 1.807) is 18.6 Å². The Balaban J connectivity index is 1.41. The first-order chi connectivity index (χ1) is 18.7. The van der Waals surface area contributed by atoms with Gasteiger partial charge in [-0.3, -0.25) is 13.9 Å². The van der Waals surface area contributed by atoms with Crippen molar-refractivity contribution < 1.29 is 13.2 Å². The number of likely N-dealkylation sites (tertiary alicyclic amines) is 1. The van der Waals surface area contributed by atoms with E-state index >= 15 is 0 Å². The van der Waals surface area contributed by atoms with E-state index in [0.29, 0.717) is 29.6 Å². The molecule has 7 nitrogen and oxygen atoms in total. The van der Waals surface area contributed by atoms with Crippen LogP contribution in [0.25, 0.3) is 11.2 Å². The molecule has 0 N–H and O–H groups in total. The lowest BCUT2D eigenvalue weighted by Gasteiger charge is -2.33. The normalized spacial score (nSPS) is 18.5. The maximum atomic E-state index is 14.2. The maximum absolute atomic E-state index is 14.2. The molecule has 1 atom stereocenters. The molecule has 0 spiro atoms. The van der Waals surface area contributed by atoms with E-state index in [9.17, 15) is 18.0 Å². The van der Waals surface area contributed by atoms with Gasteiger partial charge in [0.1, 0.15) is 12.2 Å². The number of piperidine rings is 1. The number of fused-ring (bicyclic) bond motifs is 1. The van der Waals surface area contributed by atoms with Crippen molar-refractivity contribution in [2.24, 2.45) is 18.9 Å². The molecule has 1 saturated carbocycles. The average Bonchev–Trinajstić information content (AvgIpc) is 3.44. The Kier molecular flexibility index (Phi) is 6.61. The lowest BCUT2D eigenvalue weighted by molar-refractivity contribution is -0.136. The van der Waals surface area contributed by atoms with Crippen LogP contribution in [0.3, 0.4) is 0 Å². The van der Waals surface area contributed by atoms with Gasteiger partial charge in [0.05, 0.1) is 16.8 Å². The van der Waals surface area contributed by atoms with Crippen molar-refractivity contribution in [2.45, 2.75) is 57.7 Å². The molecule has 206 valence electrons. The summed E-state index contributed by atoms with van der Waals surface area (Å²) in [7, 11) is 1.91. The summed E-state index contributed by atoms with van der Waals surface area (Å²) in [6, 6.07) is 8.73. The van der Waals surface area contributed by atoms with Crippen LogP contribution in [0, 0.1) is 11.8 Å². The molecule has 4 heterocycles. The Bertz CT molecular complexity index is 1540. The molecule has 2 aliphatic rings. The minimum absolute atomic E-state index is 0.00327. The fourth-order valence-electron chi connectivity index (χ4n) is 6.07. The van der Waals surface area contributed by atoms with E-state index in [2.05, 4.69) is 22.0 Å². The zero-order chi connectivity index (χ0) is 27.3. The third-order valence-corrected chi connectivity index (χ3v) is 8.56. The van der Waals surface area contributed by atoms with E-state index in [-0.39, 0.29) is 11.4 Å². The number of aromatic nitrogens is 5. The highest BCUT2D eigenvalue weighted by atomic mass is 19.4. The molecule has 4 aromatic rings.